The summed E-state index contributed by atoms with van der Waals surface area (Å²) in [6.07, 6.45) is 3.25. The molecule has 0 spiro atoms. The molecule has 1 aliphatic heterocycles. The minimum absolute atomic E-state index is 0.140. The van der Waals surface area contributed by atoms with Crippen LogP contribution in [-0.2, 0) is 17.8 Å². The average Bonchev–Trinajstić information content (AvgIpc) is 2.90. The first-order chi connectivity index (χ1) is 11.8. The molecular weight excluding hydrogens is 327 g/mol. The number of nitrogens with zero attached hydrogens (tertiary/aromatic N) is 1. The Balaban J connectivity index is 2.46. The van der Waals surface area contributed by atoms with Crippen molar-refractivity contribution in [2.24, 2.45) is 0 Å². The second-order valence-corrected chi connectivity index (χ2v) is 6.17. The van der Waals surface area contributed by atoms with Gasteiger partial charge in [0.2, 0.25) is 0 Å². The van der Waals surface area contributed by atoms with Crippen molar-refractivity contribution >= 4 is 5.57 Å². The third-order valence-corrected chi connectivity index (χ3v) is 3.96. The first-order valence-electron chi connectivity index (χ1n) is 8.44. The van der Waals surface area contributed by atoms with E-state index in [0.29, 0.717) is 12.0 Å². The van der Waals surface area contributed by atoms with Crippen molar-refractivity contribution in [2.75, 3.05) is 7.05 Å². The van der Waals surface area contributed by atoms with Crippen molar-refractivity contribution in [3.05, 3.63) is 65.0 Å². The van der Waals surface area contributed by atoms with Crippen LogP contribution in [0.1, 0.15) is 43.4 Å². The summed E-state index contributed by atoms with van der Waals surface area (Å²) in [7, 11) is 2.02. The largest absolute Gasteiger partial charge is 0.573 e. The first-order valence-corrected chi connectivity index (χ1v) is 8.44. The average molecular weight is 351 g/mol. The van der Waals surface area contributed by atoms with E-state index in [1.165, 1.54) is 11.6 Å². The molecule has 0 amide bonds. The summed E-state index contributed by atoms with van der Waals surface area (Å²) >= 11 is 0. The number of benzene rings is 1. The maximum Gasteiger partial charge on any atom is 0.573 e. The van der Waals surface area contributed by atoms with Crippen LogP contribution in [0, 0.1) is 0 Å². The molecule has 0 aromatic heterocycles. The van der Waals surface area contributed by atoms with E-state index < -0.39 is 6.36 Å². The predicted molar refractivity (Wildman–Crippen MR) is 94.5 cm³/mol. The molecule has 0 radical (unpaired) electrons. The van der Waals surface area contributed by atoms with Gasteiger partial charge in [-0.15, -0.1) is 13.2 Å². The summed E-state index contributed by atoms with van der Waals surface area (Å²) in [6.45, 7) is 5.41. The van der Waals surface area contributed by atoms with Gasteiger partial charge >= 0.3 is 6.36 Å². The number of fused-ring (bicyclic) bond motifs is 1. The standard InChI is InChI=1S/C20H24F3NO/c1-4-6-8-18(19(9-7-5-2)25-20(21,22)23)15-10-11-16-13-24(3)14-17(16)12-15/h4,6,8-12H,5,7,13-14H2,1-3H3/b6-4-,18-8-,19-9-. The van der Waals surface area contributed by atoms with Crippen LogP contribution in [0.25, 0.3) is 5.57 Å². The Bertz CT molecular complexity index is 687. The fourth-order valence-corrected chi connectivity index (χ4v) is 2.85. The molecule has 5 heteroatoms. The van der Waals surface area contributed by atoms with E-state index in [2.05, 4.69) is 9.64 Å². The Kier molecular flexibility index (Phi) is 6.48. The zero-order valence-corrected chi connectivity index (χ0v) is 14.9. The quantitative estimate of drug-likeness (QED) is 0.473. The number of halogens is 3. The van der Waals surface area contributed by atoms with Gasteiger partial charge in [0.15, 0.2) is 0 Å². The Labute approximate surface area is 147 Å². The Morgan fingerprint density at radius 3 is 2.60 bits per heavy atom. The summed E-state index contributed by atoms with van der Waals surface area (Å²) < 4.78 is 43.0. The molecule has 25 heavy (non-hydrogen) atoms. The van der Waals surface area contributed by atoms with Crippen LogP contribution < -0.4 is 0 Å². The van der Waals surface area contributed by atoms with Crippen LogP contribution in [0.15, 0.2) is 48.3 Å². The molecule has 2 rings (SSSR count). The highest BCUT2D eigenvalue weighted by Gasteiger charge is 2.33. The fraction of sp³-hybridized carbons (Fsp3) is 0.400. The minimum atomic E-state index is -4.72. The van der Waals surface area contributed by atoms with E-state index in [-0.39, 0.29) is 5.76 Å². The van der Waals surface area contributed by atoms with Crippen molar-refractivity contribution in [2.45, 2.75) is 46.1 Å². The number of allylic oxidation sites excluding steroid dienone is 5. The van der Waals surface area contributed by atoms with Crippen molar-refractivity contribution in [3.63, 3.8) is 0 Å². The Morgan fingerprint density at radius 2 is 1.96 bits per heavy atom. The molecule has 1 heterocycles. The maximum atomic E-state index is 12.9. The number of rotatable bonds is 6. The highest BCUT2D eigenvalue weighted by molar-refractivity contribution is 5.79. The summed E-state index contributed by atoms with van der Waals surface area (Å²) in [5.41, 5.74) is 3.54. The number of alkyl halides is 3. The molecule has 0 bridgehead atoms. The lowest BCUT2D eigenvalue weighted by atomic mass is 9.98. The summed E-state index contributed by atoms with van der Waals surface area (Å²) in [5.74, 6) is -0.140. The van der Waals surface area contributed by atoms with Gasteiger partial charge in [0, 0.05) is 18.7 Å². The van der Waals surface area contributed by atoms with E-state index in [4.69, 9.17) is 0 Å². The molecule has 1 aromatic carbocycles. The molecular formula is C20H24F3NO. The van der Waals surface area contributed by atoms with Gasteiger partial charge in [0.25, 0.3) is 0 Å². The molecule has 0 saturated heterocycles. The SMILES string of the molecule is C\C=C/C=C(\C(=C\CCC)OC(F)(F)F)c1ccc2c(c1)CN(C)C2. The van der Waals surface area contributed by atoms with E-state index >= 15 is 0 Å². The van der Waals surface area contributed by atoms with Crippen LogP contribution in [0.2, 0.25) is 0 Å². The predicted octanol–water partition coefficient (Wildman–Crippen LogP) is 5.81. The first kappa shape index (κ1) is 19.3. The second kappa shape index (κ2) is 8.39. The van der Waals surface area contributed by atoms with Gasteiger partial charge in [0.05, 0.1) is 0 Å². The number of hydrogen-bond donors (Lipinski definition) is 0. The lowest BCUT2D eigenvalue weighted by Crippen LogP contribution is -2.14. The van der Waals surface area contributed by atoms with E-state index in [1.54, 1.807) is 18.2 Å². The van der Waals surface area contributed by atoms with Crippen molar-refractivity contribution in [1.82, 2.24) is 4.90 Å². The fourth-order valence-electron chi connectivity index (χ4n) is 2.85. The van der Waals surface area contributed by atoms with E-state index in [0.717, 1.165) is 30.6 Å². The van der Waals surface area contributed by atoms with E-state index in [9.17, 15) is 13.2 Å². The smallest absolute Gasteiger partial charge is 0.405 e. The minimum Gasteiger partial charge on any atom is -0.405 e. The highest BCUT2D eigenvalue weighted by Crippen LogP contribution is 2.33. The summed E-state index contributed by atoms with van der Waals surface area (Å²) in [4.78, 5) is 2.17. The van der Waals surface area contributed by atoms with E-state index in [1.807, 2.05) is 39.1 Å². The number of unbranched alkanes of at least 4 members (excludes halogenated alkanes) is 1. The molecule has 2 nitrogen and oxygen atoms in total. The normalized spacial score (nSPS) is 16.6. The zero-order chi connectivity index (χ0) is 18.4. The summed E-state index contributed by atoms with van der Waals surface area (Å²) in [6, 6.07) is 5.82. The highest BCUT2D eigenvalue weighted by atomic mass is 19.4. The van der Waals surface area contributed by atoms with Crippen LogP contribution in [0.3, 0.4) is 0 Å². The molecule has 0 fully saturated rings. The van der Waals surface area contributed by atoms with Gasteiger partial charge in [-0.05, 0) is 49.2 Å². The third-order valence-electron chi connectivity index (χ3n) is 3.96. The molecule has 0 N–H and O–H groups in total. The van der Waals surface area contributed by atoms with Crippen LogP contribution >= 0.6 is 0 Å². The zero-order valence-electron chi connectivity index (χ0n) is 14.9. The lowest BCUT2D eigenvalue weighted by molar-refractivity contribution is -0.302. The van der Waals surface area contributed by atoms with Crippen molar-refractivity contribution < 1.29 is 17.9 Å². The van der Waals surface area contributed by atoms with Crippen LogP contribution in [0.5, 0.6) is 0 Å². The molecule has 1 aromatic rings. The molecule has 0 unspecified atom stereocenters. The number of hydrogen-bond acceptors (Lipinski definition) is 2. The van der Waals surface area contributed by atoms with Gasteiger partial charge in [-0.25, -0.2) is 0 Å². The second-order valence-electron chi connectivity index (χ2n) is 6.17. The van der Waals surface area contributed by atoms with Gasteiger partial charge < -0.3 is 4.74 Å². The maximum absolute atomic E-state index is 12.9. The molecule has 0 saturated carbocycles. The monoisotopic (exact) mass is 351 g/mol. The molecule has 136 valence electrons. The topological polar surface area (TPSA) is 12.5 Å². The lowest BCUT2D eigenvalue weighted by Gasteiger charge is -2.17. The van der Waals surface area contributed by atoms with Gasteiger partial charge in [-0.3, -0.25) is 4.90 Å². The number of ether oxygens (including phenoxy) is 1. The van der Waals surface area contributed by atoms with Crippen LogP contribution in [0.4, 0.5) is 13.2 Å². The van der Waals surface area contributed by atoms with Crippen molar-refractivity contribution in [3.8, 4) is 0 Å². The van der Waals surface area contributed by atoms with Crippen molar-refractivity contribution in [1.29, 1.82) is 0 Å². The molecule has 1 aliphatic rings. The Hall–Kier alpha value is -2.01. The van der Waals surface area contributed by atoms with Crippen LogP contribution in [-0.4, -0.2) is 18.3 Å². The van der Waals surface area contributed by atoms with Gasteiger partial charge in [0.1, 0.15) is 5.76 Å². The third kappa shape index (κ3) is 5.49. The molecule has 0 aliphatic carbocycles. The summed E-state index contributed by atoms with van der Waals surface area (Å²) in [5, 5.41) is 0. The Morgan fingerprint density at radius 1 is 1.24 bits per heavy atom. The molecule has 0 atom stereocenters. The van der Waals surface area contributed by atoms with Gasteiger partial charge in [-0.1, -0.05) is 43.7 Å². The van der Waals surface area contributed by atoms with Gasteiger partial charge in [-0.2, -0.15) is 0 Å².